The molecule has 0 spiro atoms. The number of aryl methyl sites for hydroxylation is 3. The Hall–Kier alpha value is -13.7. The normalized spacial score (nSPS) is 8.54. The fraction of sp³-hybridized carbons (Fsp3) is 0.569. The molecule has 12 N–H and O–H groups in total. The molecular formula is C102H190N8O32. The van der Waals surface area contributed by atoms with Crippen molar-refractivity contribution in [2.24, 2.45) is 0 Å². The second-order valence-corrected chi connectivity index (χ2v) is 29.6. The molecule has 0 aliphatic heterocycles. The second kappa shape index (κ2) is 109. The SMILES string of the molecule is C.C.C.C.C.C.C.C.CC.CC.CC.CC(=O)Nc1cc(C)cc(C(=O)Oc2c(C(C)(C)C)cc(CCC(=O)OCCOC(=O)CCc3cc(C(C)(C)C)c(OC(=O)c4cc(NC(C)=O)cc(NC(C)=O)c4)c(C(C)(C)C)c3)cc2C(C)(C)C)c1.CC(=O)O.CC(=O)O.CC(=O)O.CC(=O)O.CNC(C)=O.CNC(C)=O.CNC(C)=O.CNC(C)=O.CNC(C)=O.COC=O.COC=O.COC=O.COC=O. The maximum absolute atomic E-state index is 13.9. The summed E-state index contributed by atoms with van der Waals surface area (Å²) in [6, 6.07) is 17.4. The number of ether oxygens (including phenoxy) is 8. The van der Waals surface area contributed by atoms with E-state index >= 15 is 0 Å². The number of benzene rings is 4. The fourth-order valence-electron chi connectivity index (χ4n) is 7.84. The second-order valence-electron chi connectivity index (χ2n) is 29.6. The first-order valence-corrected chi connectivity index (χ1v) is 41.4. The molecule has 0 unspecified atom stereocenters. The zero-order valence-corrected chi connectivity index (χ0v) is 86.5. The predicted molar refractivity (Wildman–Crippen MR) is 569 cm³/mol. The fourth-order valence-corrected chi connectivity index (χ4v) is 7.84. The van der Waals surface area contributed by atoms with E-state index in [1.165, 1.54) is 96.0 Å². The molecule has 40 heteroatoms. The number of nitrogens with one attached hydrogen (secondary N) is 8. The Labute approximate surface area is 851 Å². The molecule has 0 bridgehead atoms. The molecule has 8 amide bonds. The van der Waals surface area contributed by atoms with Gasteiger partial charge in [-0.3, -0.25) is 86.3 Å². The van der Waals surface area contributed by atoms with Crippen LogP contribution in [0, 0.1) is 6.92 Å². The molecule has 0 heterocycles. The molecule has 0 aliphatic rings. The standard InChI is InChI=1S/C57H73N3O11.5C3H7NO.8C2H4O2.3C2H6.8CH4/c1-33-23-39(29-41(24-33)58-34(2)61)52(66)70-50-44(54(5,6)7)25-37(26-45(50)55(8,9)10)17-19-48(64)68-21-22-69-49(65)20-18-38-27-46(56(11,12)13)51(47(28-38)57(14,15)16)71-53(67)40-30-42(59-35(3)62)32-43(31-40)60-36(4)63;5*1-3(5)4-2;4*1-4-2-3;4*1-2(3)4;3*1-2;;;;;;;;/h23-32H,17-22H2,1-16H3,(H,58,61)(H,59,62)(H,60,63);5*1-2H3,(H,4,5);4*2H,1H3;4*1H3,(H,3,4);3*1-2H3;8*1H4. The van der Waals surface area contributed by atoms with Gasteiger partial charge in [-0.15, -0.1) is 0 Å². The Balaban J connectivity index is -0.0000000881. The van der Waals surface area contributed by atoms with Gasteiger partial charge in [-0.2, -0.15) is 0 Å². The van der Waals surface area contributed by atoms with Gasteiger partial charge in [-0.05, 0) is 94.5 Å². The minimum atomic E-state index is -0.833. The molecule has 0 radical (unpaired) electrons. The van der Waals surface area contributed by atoms with Crippen molar-refractivity contribution in [3.8, 4) is 11.5 Å². The van der Waals surface area contributed by atoms with E-state index in [0.29, 0.717) is 72.9 Å². The molecule has 0 aliphatic carbocycles. The van der Waals surface area contributed by atoms with E-state index in [1.54, 1.807) is 59.5 Å². The number of aliphatic carboxylic acids is 4. The Bertz CT molecular complexity index is 3840. The highest BCUT2D eigenvalue weighted by molar-refractivity contribution is 5.99. The Morgan fingerprint density at radius 1 is 0.296 bits per heavy atom. The summed E-state index contributed by atoms with van der Waals surface area (Å²) in [5, 5.41) is 49.7. The van der Waals surface area contributed by atoms with E-state index in [4.69, 9.17) is 77.7 Å². The van der Waals surface area contributed by atoms with E-state index in [9.17, 15) is 57.5 Å². The van der Waals surface area contributed by atoms with Gasteiger partial charge in [-0.1, -0.05) is 208 Å². The third-order valence-electron chi connectivity index (χ3n) is 13.4. The number of anilines is 3. The summed E-state index contributed by atoms with van der Waals surface area (Å²) in [6.07, 6.45) is 0.791. The van der Waals surface area contributed by atoms with Gasteiger partial charge in [-0.25, -0.2) is 9.59 Å². The van der Waals surface area contributed by atoms with Gasteiger partial charge in [0.25, 0.3) is 49.8 Å². The molecule has 830 valence electrons. The monoisotopic (exact) mass is 2040 g/mol. The molecule has 0 atom stereocenters. The number of carboxylic acids is 4. The van der Waals surface area contributed by atoms with Crippen molar-refractivity contribution in [1.29, 1.82) is 0 Å². The minimum absolute atomic E-state index is 0. The summed E-state index contributed by atoms with van der Waals surface area (Å²) in [4.78, 5) is 209. The van der Waals surface area contributed by atoms with Crippen LogP contribution in [0.4, 0.5) is 17.1 Å². The van der Waals surface area contributed by atoms with E-state index in [-0.39, 0.29) is 138 Å². The van der Waals surface area contributed by atoms with Crippen molar-refractivity contribution in [3.05, 3.63) is 111 Å². The summed E-state index contributed by atoms with van der Waals surface area (Å²) in [7, 11) is 13.2. The highest BCUT2D eigenvalue weighted by atomic mass is 16.6. The Kier molecular flexibility index (Phi) is 139. The average molecular weight is 2040 g/mol. The van der Waals surface area contributed by atoms with Gasteiger partial charge in [0.1, 0.15) is 24.7 Å². The largest absolute Gasteiger partial charge is 0.481 e. The number of hydrogen-bond donors (Lipinski definition) is 12. The van der Waals surface area contributed by atoms with Crippen LogP contribution < -0.4 is 52.0 Å². The van der Waals surface area contributed by atoms with Gasteiger partial charge >= 0.3 is 23.9 Å². The summed E-state index contributed by atoms with van der Waals surface area (Å²) < 4.78 is 38.8. The summed E-state index contributed by atoms with van der Waals surface area (Å²) in [5.74, 6) is -5.59. The third-order valence-corrected chi connectivity index (χ3v) is 13.4. The van der Waals surface area contributed by atoms with Gasteiger partial charge < -0.3 is 101 Å². The quantitative estimate of drug-likeness (QED) is 0.0129. The van der Waals surface area contributed by atoms with Crippen molar-refractivity contribution in [3.63, 3.8) is 0 Å². The Morgan fingerprint density at radius 3 is 0.606 bits per heavy atom. The number of rotatable bonds is 20. The number of hydrogen-bond acceptors (Lipinski definition) is 28. The maximum atomic E-state index is 13.9. The van der Waals surface area contributed by atoms with Crippen molar-refractivity contribution < 1.29 is 154 Å². The molecule has 0 saturated carbocycles. The van der Waals surface area contributed by atoms with Gasteiger partial charge in [0.2, 0.25) is 47.3 Å². The lowest BCUT2D eigenvalue weighted by atomic mass is 9.78. The number of esters is 4. The first-order chi connectivity index (χ1) is 61.6. The molecule has 0 saturated heterocycles. The number of methoxy groups -OCH3 is 4. The first-order valence-electron chi connectivity index (χ1n) is 41.4. The van der Waals surface area contributed by atoms with Crippen LogP contribution in [0.1, 0.15) is 340 Å². The zero-order chi connectivity index (χ0) is 109. The maximum Gasteiger partial charge on any atom is 0.343 e. The van der Waals surface area contributed by atoms with Crippen molar-refractivity contribution in [2.75, 3.05) is 92.8 Å². The van der Waals surface area contributed by atoms with Crippen LogP contribution >= 0.6 is 0 Å². The van der Waals surface area contributed by atoms with E-state index in [1.807, 2.05) is 156 Å². The molecule has 4 rings (SSSR count). The smallest absolute Gasteiger partial charge is 0.343 e. The molecule has 142 heavy (non-hydrogen) atoms. The van der Waals surface area contributed by atoms with Crippen LogP contribution in [-0.4, -0.2) is 218 Å². The van der Waals surface area contributed by atoms with Gasteiger partial charge in [0, 0.05) is 170 Å². The number of carboxylic acid groups (broad SMARTS) is 4. The van der Waals surface area contributed by atoms with Crippen LogP contribution in [0.3, 0.4) is 0 Å². The molecule has 0 fully saturated rings. The van der Waals surface area contributed by atoms with Crippen molar-refractivity contribution in [1.82, 2.24) is 26.6 Å². The number of carbonyl (C=O) groups is 20. The van der Waals surface area contributed by atoms with E-state index in [0.717, 1.165) is 66.6 Å². The minimum Gasteiger partial charge on any atom is -0.481 e. The lowest BCUT2D eigenvalue weighted by Crippen LogP contribution is -2.23. The highest BCUT2D eigenvalue weighted by Crippen LogP contribution is 2.43. The average Bonchev–Trinajstić information content (AvgIpc) is 0.773. The summed E-state index contributed by atoms with van der Waals surface area (Å²) >= 11 is 0. The summed E-state index contributed by atoms with van der Waals surface area (Å²) in [5.41, 5.74) is 5.24. The lowest BCUT2D eigenvalue weighted by molar-refractivity contribution is -0.152. The molecule has 40 nitrogen and oxygen atoms in total. The predicted octanol–water partition coefficient (Wildman–Crippen LogP) is 17.6. The van der Waals surface area contributed by atoms with Crippen molar-refractivity contribution in [2.45, 2.75) is 321 Å². The van der Waals surface area contributed by atoms with Crippen LogP contribution in [0.5, 0.6) is 11.5 Å². The van der Waals surface area contributed by atoms with Crippen molar-refractivity contribution >= 4 is 138 Å². The Morgan fingerprint density at radius 2 is 0.458 bits per heavy atom. The van der Waals surface area contributed by atoms with E-state index < -0.39 is 69.4 Å². The number of amides is 8. The van der Waals surface area contributed by atoms with E-state index in [2.05, 4.69) is 61.5 Å². The zero-order valence-electron chi connectivity index (χ0n) is 86.5. The third kappa shape index (κ3) is 126. The molecule has 4 aromatic rings. The van der Waals surface area contributed by atoms with Crippen LogP contribution in [0.25, 0.3) is 0 Å². The molecule has 4 aromatic carbocycles. The lowest BCUT2D eigenvalue weighted by Gasteiger charge is -2.30. The van der Waals surface area contributed by atoms with Crippen LogP contribution in [0.15, 0.2) is 60.7 Å². The highest BCUT2D eigenvalue weighted by Gasteiger charge is 2.32. The first kappa shape index (κ1) is 181. The van der Waals surface area contributed by atoms with Gasteiger partial charge in [0.05, 0.1) is 39.6 Å². The summed E-state index contributed by atoms with van der Waals surface area (Å²) in [6.45, 7) is 55.1. The van der Waals surface area contributed by atoms with Gasteiger partial charge in [0.15, 0.2) is 0 Å². The molecule has 0 aromatic heterocycles. The number of carbonyl (C=O) groups excluding carboxylic acids is 16. The van der Waals surface area contributed by atoms with Crippen LogP contribution in [-0.2, 0) is 149 Å². The van der Waals surface area contributed by atoms with Crippen LogP contribution in [0.2, 0.25) is 0 Å². The topological polar surface area (TPSA) is 592 Å². The molecular weight excluding hydrogens is 1850 g/mol.